The first kappa shape index (κ1) is 20.5. The lowest BCUT2D eigenvalue weighted by atomic mass is 10.1. The molecule has 1 saturated heterocycles. The number of nitrogens with one attached hydrogen (secondary N) is 1. The number of amides is 1. The molecule has 2 fully saturated rings. The smallest absolute Gasteiger partial charge is 0.410 e. The van der Waals surface area contributed by atoms with Crippen LogP contribution in [-0.4, -0.2) is 46.3 Å². The maximum Gasteiger partial charge on any atom is 0.410 e. The first-order valence-corrected chi connectivity index (χ1v) is 10.3. The minimum absolute atomic E-state index is 0.240. The predicted octanol–water partition coefficient (Wildman–Crippen LogP) is 4.55. The van der Waals surface area contributed by atoms with Gasteiger partial charge in [0.1, 0.15) is 17.5 Å². The van der Waals surface area contributed by atoms with E-state index in [0.717, 1.165) is 5.56 Å². The van der Waals surface area contributed by atoms with E-state index in [1.54, 1.807) is 17.0 Å². The lowest BCUT2D eigenvalue weighted by Gasteiger charge is -2.34. The average Bonchev–Trinajstić information content (AvgIpc) is 3.53. The number of ether oxygens (including phenoxy) is 2. The van der Waals surface area contributed by atoms with Gasteiger partial charge in [-0.1, -0.05) is 6.07 Å². The summed E-state index contributed by atoms with van der Waals surface area (Å²) in [5.74, 6) is 0.605. The lowest BCUT2D eigenvalue weighted by Crippen LogP contribution is -2.44. The van der Waals surface area contributed by atoms with E-state index in [1.807, 2.05) is 33.2 Å². The molecule has 1 aliphatic heterocycles. The number of morpholine rings is 1. The molecule has 30 heavy (non-hydrogen) atoms. The number of hydrogen-bond acceptors (Lipinski definition) is 6. The summed E-state index contributed by atoms with van der Waals surface area (Å²) in [4.78, 5) is 22.5. The van der Waals surface area contributed by atoms with Crippen LogP contribution in [0.4, 0.5) is 20.8 Å². The Morgan fingerprint density at radius 3 is 2.63 bits per heavy atom. The fourth-order valence-electron chi connectivity index (χ4n) is 3.35. The average molecular weight is 414 g/mol. The molecule has 0 unspecified atom stereocenters. The summed E-state index contributed by atoms with van der Waals surface area (Å²) in [6.45, 7) is 6.43. The number of aromatic nitrogens is 2. The molecule has 0 radical (unpaired) electrons. The molecule has 1 atom stereocenters. The van der Waals surface area contributed by atoms with Gasteiger partial charge in [0, 0.05) is 30.2 Å². The highest BCUT2D eigenvalue weighted by Gasteiger charge is 2.30. The zero-order valence-electron chi connectivity index (χ0n) is 17.5. The van der Waals surface area contributed by atoms with E-state index in [1.165, 1.54) is 18.9 Å². The Hall–Kier alpha value is -2.74. The molecule has 1 aliphatic carbocycles. The molecule has 4 rings (SSSR count). The quantitative estimate of drug-likeness (QED) is 0.791. The van der Waals surface area contributed by atoms with Crippen molar-refractivity contribution in [2.75, 3.05) is 25.0 Å². The molecule has 1 aromatic heterocycles. The van der Waals surface area contributed by atoms with E-state index in [2.05, 4.69) is 15.3 Å². The standard InChI is InChI=1S/C22H27FN4O3/c1-22(2,3)30-21(28)27-8-9-29-19(13-27)17-7-6-16(10-18(17)23)26-20-24-11-15(12-25-20)14-4-5-14/h6-7,10-12,14,19H,4-5,8-9,13H2,1-3H3,(H,24,25,26)/t19-/m0/s1. The minimum atomic E-state index is -0.581. The molecule has 2 aliphatic rings. The zero-order valence-corrected chi connectivity index (χ0v) is 17.5. The summed E-state index contributed by atoms with van der Waals surface area (Å²) in [5.41, 5.74) is 1.52. The third-order valence-electron chi connectivity index (χ3n) is 5.04. The van der Waals surface area contributed by atoms with Crippen molar-refractivity contribution in [3.8, 4) is 0 Å². The van der Waals surface area contributed by atoms with Crippen molar-refractivity contribution in [3.63, 3.8) is 0 Å². The fourth-order valence-corrected chi connectivity index (χ4v) is 3.35. The number of hydrogen-bond donors (Lipinski definition) is 1. The van der Waals surface area contributed by atoms with Crippen LogP contribution in [0.2, 0.25) is 0 Å². The highest BCUT2D eigenvalue weighted by atomic mass is 19.1. The van der Waals surface area contributed by atoms with Crippen LogP contribution in [-0.2, 0) is 9.47 Å². The predicted molar refractivity (Wildman–Crippen MR) is 110 cm³/mol. The Kier molecular flexibility index (Phi) is 5.60. The molecule has 1 saturated carbocycles. The number of anilines is 2. The van der Waals surface area contributed by atoms with Gasteiger partial charge >= 0.3 is 6.09 Å². The normalized spacial score (nSPS) is 19.5. The van der Waals surface area contributed by atoms with Crippen molar-refractivity contribution in [2.45, 2.75) is 51.2 Å². The van der Waals surface area contributed by atoms with Gasteiger partial charge < -0.3 is 19.7 Å². The van der Waals surface area contributed by atoms with Crippen LogP contribution in [0.15, 0.2) is 30.6 Å². The number of halogens is 1. The second-order valence-corrected chi connectivity index (χ2v) is 8.76. The number of nitrogens with zero attached hydrogens (tertiary/aromatic N) is 3. The summed E-state index contributed by atoms with van der Waals surface area (Å²) < 4.78 is 26.0. The minimum Gasteiger partial charge on any atom is -0.444 e. The zero-order chi connectivity index (χ0) is 21.3. The Morgan fingerprint density at radius 1 is 1.27 bits per heavy atom. The molecule has 1 amide bonds. The van der Waals surface area contributed by atoms with Crippen molar-refractivity contribution in [1.82, 2.24) is 14.9 Å². The van der Waals surface area contributed by atoms with E-state index in [0.29, 0.717) is 36.3 Å². The summed E-state index contributed by atoms with van der Waals surface area (Å²) in [5, 5.41) is 3.03. The van der Waals surface area contributed by atoms with Gasteiger partial charge in [0.05, 0.1) is 13.2 Å². The molecule has 7 nitrogen and oxygen atoms in total. The van der Waals surface area contributed by atoms with E-state index in [4.69, 9.17) is 9.47 Å². The number of carbonyl (C=O) groups excluding carboxylic acids is 1. The molecule has 2 heterocycles. The highest BCUT2D eigenvalue weighted by Crippen LogP contribution is 2.39. The molecule has 1 aromatic carbocycles. The van der Waals surface area contributed by atoms with E-state index < -0.39 is 23.6 Å². The number of carbonyl (C=O) groups is 1. The molecule has 1 N–H and O–H groups in total. The highest BCUT2D eigenvalue weighted by molar-refractivity contribution is 5.68. The molecular formula is C22H27FN4O3. The Balaban J connectivity index is 1.41. The van der Waals surface area contributed by atoms with Gasteiger partial charge in [-0.15, -0.1) is 0 Å². The van der Waals surface area contributed by atoms with Crippen LogP contribution >= 0.6 is 0 Å². The van der Waals surface area contributed by atoms with Gasteiger partial charge in [0.25, 0.3) is 0 Å². The summed E-state index contributed by atoms with van der Waals surface area (Å²) in [7, 11) is 0. The van der Waals surface area contributed by atoms with E-state index in [9.17, 15) is 9.18 Å². The first-order chi connectivity index (χ1) is 14.3. The lowest BCUT2D eigenvalue weighted by molar-refractivity contribution is -0.0443. The molecule has 0 spiro atoms. The van der Waals surface area contributed by atoms with Crippen molar-refractivity contribution < 1.29 is 18.7 Å². The van der Waals surface area contributed by atoms with Crippen LogP contribution < -0.4 is 5.32 Å². The van der Waals surface area contributed by atoms with Crippen LogP contribution in [0.3, 0.4) is 0 Å². The van der Waals surface area contributed by atoms with Gasteiger partial charge in [0.2, 0.25) is 5.95 Å². The number of benzene rings is 1. The molecule has 2 aromatic rings. The van der Waals surface area contributed by atoms with Gasteiger partial charge in [0.15, 0.2) is 0 Å². The van der Waals surface area contributed by atoms with Crippen LogP contribution in [0, 0.1) is 5.82 Å². The van der Waals surface area contributed by atoms with Gasteiger partial charge in [-0.25, -0.2) is 19.2 Å². The maximum absolute atomic E-state index is 14.8. The van der Waals surface area contributed by atoms with Crippen molar-refractivity contribution in [3.05, 3.63) is 47.5 Å². The van der Waals surface area contributed by atoms with Gasteiger partial charge in [-0.3, -0.25) is 0 Å². The second-order valence-electron chi connectivity index (χ2n) is 8.76. The molecule has 160 valence electrons. The van der Waals surface area contributed by atoms with Crippen LogP contribution in [0.5, 0.6) is 0 Å². The summed E-state index contributed by atoms with van der Waals surface area (Å²) >= 11 is 0. The van der Waals surface area contributed by atoms with Crippen molar-refractivity contribution in [2.24, 2.45) is 0 Å². The van der Waals surface area contributed by atoms with Gasteiger partial charge in [-0.05, 0) is 57.2 Å². The van der Waals surface area contributed by atoms with E-state index in [-0.39, 0.29) is 6.54 Å². The maximum atomic E-state index is 14.8. The second kappa shape index (κ2) is 8.18. The first-order valence-electron chi connectivity index (χ1n) is 10.3. The topological polar surface area (TPSA) is 76.6 Å². The largest absolute Gasteiger partial charge is 0.444 e. The Labute approximate surface area is 175 Å². The Morgan fingerprint density at radius 2 is 2.00 bits per heavy atom. The SMILES string of the molecule is CC(C)(C)OC(=O)N1CCO[C@H](c2ccc(Nc3ncc(C4CC4)cn3)cc2F)C1. The van der Waals surface area contributed by atoms with E-state index >= 15 is 0 Å². The number of rotatable bonds is 4. The Bertz CT molecular complexity index is 910. The van der Waals surface area contributed by atoms with Crippen LogP contribution in [0.1, 0.15) is 56.8 Å². The third-order valence-corrected chi connectivity index (χ3v) is 5.04. The van der Waals surface area contributed by atoms with Crippen molar-refractivity contribution in [1.29, 1.82) is 0 Å². The summed E-state index contributed by atoms with van der Waals surface area (Å²) in [6, 6.07) is 4.81. The molecule has 0 bridgehead atoms. The summed E-state index contributed by atoms with van der Waals surface area (Å²) in [6.07, 6.45) is 5.06. The molecular weight excluding hydrogens is 387 g/mol. The monoisotopic (exact) mass is 414 g/mol. The van der Waals surface area contributed by atoms with Crippen LogP contribution in [0.25, 0.3) is 0 Å². The van der Waals surface area contributed by atoms with Crippen molar-refractivity contribution >= 4 is 17.7 Å². The fraction of sp³-hybridized carbons (Fsp3) is 0.500. The van der Waals surface area contributed by atoms with Gasteiger partial charge in [-0.2, -0.15) is 0 Å². The molecule has 8 heteroatoms. The third kappa shape index (κ3) is 5.05.